The van der Waals surface area contributed by atoms with Gasteiger partial charge in [0, 0.05) is 37.5 Å². The molecule has 1 aliphatic rings. The Labute approximate surface area is 192 Å². The van der Waals surface area contributed by atoms with Crippen LogP contribution in [0.25, 0.3) is 0 Å². The van der Waals surface area contributed by atoms with E-state index in [2.05, 4.69) is 15.3 Å². The average Bonchev–Trinajstić information content (AvgIpc) is 2.73. The summed E-state index contributed by atoms with van der Waals surface area (Å²) in [6.45, 7) is 1.82. The summed E-state index contributed by atoms with van der Waals surface area (Å²) in [6, 6.07) is 0.379. The van der Waals surface area contributed by atoms with Crippen LogP contribution in [-0.4, -0.2) is 36.0 Å². The highest BCUT2D eigenvalue weighted by atomic mass is 19.4. The van der Waals surface area contributed by atoms with Crippen molar-refractivity contribution >= 4 is 17.7 Å². The zero-order valence-corrected chi connectivity index (χ0v) is 18.8. The lowest BCUT2D eigenvalue weighted by molar-refractivity contribution is -0.143. The molecule has 34 heavy (non-hydrogen) atoms. The van der Waals surface area contributed by atoms with Crippen LogP contribution in [0, 0.1) is 6.92 Å². The Bertz CT molecular complexity index is 1060. The molecule has 0 saturated heterocycles. The molecule has 0 spiro atoms. The van der Waals surface area contributed by atoms with Crippen molar-refractivity contribution in [2.45, 2.75) is 56.9 Å². The third-order valence-corrected chi connectivity index (χ3v) is 5.91. The van der Waals surface area contributed by atoms with Gasteiger partial charge in [-0.05, 0) is 56.2 Å². The Balaban J connectivity index is 1.89. The van der Waals surface area contributed by atoms with Gasteiger partial charge in [0.2, 0.25) is 11.9 Å². The van der Waals surface area contributed by atoms with E-state index in [1.807, 2.05) is 6.92 Å². The van der Waals surface area contributed by atoms with Crippen LogP contribution >= 0.6 is 0 Å². The fraction of sp³-hybridized carbons (Fsp3) is 0.500. The average molecular weight is 489 g/mol. The number of primary amides is 1. The quantitative estimate of drug-likeness (QED) is 0.570. The van der Waals surface area contributed by atoms with Gasteiger partial charge in [0.25, 0.3) is 0 Å². The lowest BCUT2D eigenvalue weighted by Crippen LogP contribution is -2.29. The number of amides is 1. The molecule has 3 rings (SSSR count). The van der Waals surface area contributed by atoms with Gasteiger partial charge in [0.1, 0.15) is 5.82 Å². The molecule has 1 heterocycles. The molecule has 1 amide bonds. The van der Waals surface area contributed by atoms with Gasteiger partial charge < -0.3 is 16.0 Å². The van der Waals surface area contributed by atoms with Crippen molar-refractivity contribution in [3.8, 4) is 0 Å². The molecule has 12 heteroatoms. The molecule has 1 aromatic carbocycles. The van der Waals surface area contributed by atoms with Gasteiger partial charge in [-0.15, -0.1) is 0 Å². The van der Waals surface area contributed by atoms with Crippen molar-refractivity contribution < 1.29 is 31.1 Å². The van der Waals surface area contributed by atoms with Gasteiger partial charge in [-0.1, -0.05) is 0 Å². The third kappa shape index (κ3) is 5.53. The van der Waals surface area contributed by atoms with E-state index in [4.69, 9.17) is 5.73 Å². The zero-order valence-electron chi connectivity index (χ0n) is 18.8. The van der Waals surface area contributed by atoms with Gasteiger partial charge >= 0.3 is 12.4 Å². The van der Waals surface area contributed by atoms with Crippen LogP contribution in [0.1, 0.15) is 64.2 Å². The number of aromatic nitrogens is 2. The molecule has 1 fully saturated rings. The van der Waals surface area contributed by atoms with Crippen molar-refractivity contribution in [1.82, 2.24) is 9.97 Å². The van der Waals surface area contributed by atoms with Crippen LogP contribution in [-0.2, 0) is 12.4 Å². The summed E-state index contributed by atoms with van der Waals surface area (Å²) in [6.07, 6.45) is -7.13. The minimum absolute atomic E-state index is 0.0686. The first kappa shape index (κ1) is 25.6. The number of nitrogens with two attached hydrogens (primary N) is 1. The Morgan fingerprint density at radius 3 is 2.18 bits per heavy atom. The molecular weight excluding hydrogens is 464 g/mol. The van der Waals surface area contributed by atoms with Gasteiger partial charge in [0.05, 0.1) is 11.1 Å². The number of nitrogens with one attached hydrogen (secondary N) is 1. The van der Waals surface area contributed by atoms with Gasteiger partial charge in [0.15, 0.2) is 0 Å². The molecule has 0 atom stereocenters. The summed E-state index contributed by atoms with van der Waals surface area (Å²) in [5, 5.41) is 3.29. The van der Waals surface area contributed by atoms with Crippen molar-refractivity contribution in [1.29, 1.82) is 0 Å². The number of benzene rings is 1. The fourth-order valence-electron chi connectivity index (χ4n) is 4.21. The second-order valence-corrected chi connectivity index (χ2v) is 8.63. The summed E-state index contributed by atoms with van der Waals surface area (Å²) in [5.41, 5.74) is 1.81. The van der Waals surface area contributed by atoms with E-state index in [1.165, 1.54) is 0 Å². The first-order valence-electron chi connectivity index (χ1n) is 10.6. The van der Waals surface area contributed by atoms with Gasteiger partial charge in [-0.25, -0.2) is 4.98 Å². The number of carbonyl (C=O) groups excluding carboxylic acids is 1. The van der Waals surface area contributed by atoms with E-state index in [1.54, 1.807) is 25.2 Å². The summed E-state index contributed by atoms with van der Waals surface area (Å²) < 4.78 is 80.9. The summed E-state index contributed by atoms with van der Waals surface area (Å²) >= 11 is 0. The molecule has 1 aliphatic carbocycles. The second-order valence-electron chi connectivity index (χ2n) is 8.63. The maximum Gasteiger partial charge on any atom is 0.416 e. The number of aryl methyl sites for hydroxylation is 1. The minimum Gasteiger partial charge on any atom is -0.367 e. The lowest BCUT2D eigenvalue weighted by atomic mass is 9.77. The van der Waals surface area contributed by atoms with Crippen LogP contribution in [0.15, 0.2) is 18.3 Å². The molecule has 186 valence electrons. The third-order valence-electron chi connectivity index (χ3n) is 5.91. The molecule has 0 aliphatic heterocycles. The van der Waals surface area contributed by atoms with E-state index in [0.29, 0.717) is 30.7 Å². The molecule has 0 unspecified atom stereocenters. The molecular formula is C22H25F6N5O. The smallest absolute Gasteiger partial charge is 0.367 e. The van der Waals surface area contributed by atoms with E-state index in [0.717, 1.165) is 5.56 Å². The molecule has 2 aromatic rings. The summed E-state index contributed by atoms with van der Waals surface area (Å²) in [5.74, 6) is -0.985. The number of nitrogens with zero attached hydrogens (tertiary/aromatic N) is 3. The van der Waals surface area contributed by atoms with Crippen molar-refractivity contribution in [2.75, 3.05) is 24.3 Å². The predicted molar refractivity (Wildman–Crippen MR) is 115 cm³/mol. The van der Waals surface area contributed by atoms with Gasteiger partial charge in [-0.3, -0.25) is 4.79 Å². The standard InChI is InChI=1S/C22H25F6N5O/c1-11-10-30-20(33(2)3)32-19(11)31-14-6-4-12(5-7-14)17-15(18(29)34)8-13(21(23,24)25)9-16(17)22(26,27)28/h8-10,12,14H,4-7H2,1-3H3,(H2,29,34)(H,30,31,32). The first-order chi connectivity index (χ1) is 15.7. The highest BCUT2D eigenvalue weighted by molar-refractivity contribution is 5.95. The number of anilines is 2. The Morgan fingerprint density at radius 1 is 1.06 bits per heavy atom. The van der Waals surface area contributed by atoms with E-state index in [9.17, 15) is 31.1 Å². The second kappa shape index (κ2) is 9.30. The van der Waals surface area contributed by atoms with E-state index < -0.39 is 46.4 Å². The Morgan fingerprint density at radius 2 is 1.68 bits per heavy atom. The summed E-state index contributed by atoms with van der Waals surface area (Å²) in [7, 11) is 3.58. The van der Waals surface area contributed by atoms with E-state index in [-0.39, 0.29) is 24.9 Å². The van der Waals surface area contributed by atoms with Crippen molar-refractivity contribution in [2.24, 2.45) is 5.73 Å². The fourth-order valence-corrected chi connectivity index (χ4v) is 4.21. The highest BCUT2D eigenvalue weighted by Gasteiger charge is 2.42. The maximum absolute atomic E-state index is 13.8. The molecule has 0 bridgehead atoms. The van der Waals surface area contributed by atoms with Crippen LogP contribution in [0.3, 0.4) is 0 Å². The van der Waals surface area contributed by atoms with Crippen LogP contribution in [0.4, 0.5) is 38.1 Å². The van der Waals surface area contributed by atoms with Crippen molar-refractivity contribution in [3.05, 3.63) is 46.1 Å². The molecule has 6 nitrogen and oxygen atoms in total. The highest BCUT2D eigenvalue weighted by Crippen LogP contribution is 2.45. The molecule has 1 aromatic heterocycles. The lowest BCUT2D eigenvalue weighted by Gasteiger charge is -2.32. The molecule has 1 saturated carbocycles. The number of hydrogen-bond acceptors (Lipinski definition) is 5. The Kier molecular flexibility index (Phi) is 6.99. The largest absolute Gasteiger partial charge is 0.416 e. The normalized spacial score (nSPS) is 19.1. The Hall–Kier alpha value is -3.05. The van der Waals surface area contributed by atoms with E-state index >= 15 is 0 Å². The number of halogens is 6. The zero-order chi connectivity index (χ0) is 25.4. The van der Waals surface area contributed by atoms with Crippen LogP contribution < -0.4 is 16.0 Å². The minimum atomic E-state index is -5.07. The monoisotopic (exact) mass is 489 g/mol. The number of carbonyl (C=O) groups is 1. The molecule has 0 radical (unpaired) electrons. The molecule has 3 N–H and O–H groups in total. The van der Waals surface area contributed by atoms with Crippen LogP contribution in [0.2, 0.25) is 0 Å². The number of alkyl halides is 6. The predicted octanol–water partition coefficient (Wildman–Crippen LogP) is 5.13. The summed E-state index contributed by atoms with van der Waals surface area (Å²) in [4.78, 5) is 22.3. The number of rotatable bonds is 5. The first-order valence-corrected chi connectivity index (χ1v) is 10.6. The topological polar surface area (TPSA) is 84.1 Å². The number of hydrogen-bond donors (Lipinski definition) is 2. The van der Waals surface area contributed by atoms with Gasteiger partial charge in [-0.2, -0.15) is 31.3 Å². The maximum atomic E-state index is 13.8. The van der Waals surface area contributed by atoms with Crippen LogP contribution in [0.5, 0.6) is 0 Å². The SMILES string of the molecule is Cc1cnc(N(C)C)nc1NC1CCC(c2c(C(N)=O)cc(C(F)(F)F)cc2C(F)(F)F)CC1. The van der Waals surface area contributed by atoms with Crippen molar-refractivity contribution in [3.63, 3.8) is 0 Å².